The van der Waals surface area contributed by atoms with Gasteiger partial charge in [-0.2, -0.15) is 0 Å². The zero-order chi connectivity index (χ0) is 10.7. The zero-order valence-electron chi connectivity index (χ0n) is 9.13. The summed E-state index contributed by atoms with van der Waals surface area (Å²) in [6.07, 6.45) is 1.25. The lowest BCUT2D eigenvalue weighted by Crippen LogP contribution is -1.70. The van der Waals surface area contributed by atoms with Gasteiger partial charge in [0.15, 0.2) is 0 Å². The fraction of sp³-hybridized carbons (Fsp3) is 0.417. The van der Waals surface area contributed by atoms with Crippen molar-refractivity contribution < 1.29 is 4.79 Å². The smallest absolute Gasteiger partial charge is 0.106 e. The molecule has 74 valence electrons. The van der Waals surface area contributed by atoms with E-state index < -0.39 is 0 Å². The molecule has 0 radical (unpaired) electrons. The highest BCUT2D eigenvalue weighted by atomic mass is 16.1. The average molecular weight is 180 g/mol. The number of hydrogen-bond donors (Lipinski definition) is 0. The second-order valence-electron chi connectivity index (χ2n) is 2.86. The summed E-state index contributed by atoms with van der Waals surface area (Å²) in [6.45, 7) is 10.4. The Morgan fingerprint density at radius 1 is 0.923 bits per heavy atom. The molecule has 0 saturated heterocycles. The van der Waals surface area contributed by atoms with Gasteiger partial charge in [-0.05, 0) is 13.8 Å². The van der Waals surface area contributed by atoms with E-state index in [2.05, 4.69) is 52.0 Å². The summed E-state index contributed by atoms with van der Waals surface area (Å²) < 4.78 is 0. The van der Waals surface area contributed by atoms with Crippen LogP contribution in [0.1, 0.15) is 31.4 Å². The van der Waals surface area contributed by atoms with Crippen LogP contribution in [0.4, 0.5) is 0 Å². The summed E-state index contributed by atoms with van der Waals surface area (Å²) >= 11 is 0. The Morgan fingerprint density at radius 2 is 1.08 bits per heavy atom. The van der Waals surface area contributed by atoms with Crippen LogP contribution in [-0.2, 0) is 4.79 Å². The molecule has 0 N–H and O–H groups in total. The maximum atomic E-state index is 8.00. The number of carbonyl (C=O) groups excluding carboxylic acids is 1. The Kier molecular flexibility index (Phi) is 12.1. The second kappa shape index (κ2) is 10.9. The molecule has 1 rings (SSSR count). The molecule has 0 amide bonds. The summed E-state index contributed by atoms with van der Waals surface area (Å²) in [5, 5.41) is 0. The standard InChI is InChI=1S/C8H10.C3H8.CH2O/c1-7-3-5-8(2)6-4-7;1-3-2;1-2/h3-6H,1-2H3;3H2,1-2H3;1H2. The van der Waals surface area contributed by atoms with Gasteiger partial charge < -0.3 is 4.79 Å². The van der Waals surface area contributed by atoms with Crippen LogP contribution in [0.5, 0.6) is 0 Å². The van der Waals surface area contributed by atoms with Crippen LogP contribution in [0.3, 0.4) is 0 Å². The molecule has 0 bridgehead atoms. The number of rotatable bonds is 0. The van der Waals surface area contributed by atoms with Crippen molar-refractivity contribution in [1.29, 1.82) is 0 Å². The van der Waals surface area contributed by atoms with Crippen LogP contribution in [0.25, 0.3) is 0 Å². The van der Waals surface area contributed by atoms with Gasteiger partial charge in [-0.3, -0.25) is 0 Å². The van der Waals surface area contributed by atoms with Crippen LogP contribution in [0.15, 0.2) is 24.3 Å². The highest BCUT2D eigenvalue weighted by Crippen LogP contribution is 1.99. The van der Waals surface area contributed by atoms with Crippen molar-refractivity contribution in [3.8, 4) is 0 Å². The zero-order valence-corrected chi connectivity index (χ0v) is 9.13. The summed E-state index contributed by atoms with van der Waals surface area (Å²) in [6, 6.07) is 8.48. The number of carbonyl (C=O) groups is 1. The maximum absolute atomic E-state index is 8.00. The minimum atomic E-state index is 1.25. The molecule has 1 nitrogen and oxygen atoms in total. The molecule has 0 saturated carbocycles. The van der Waals surface area contributed by atoms with Gasteiger partial charge in [0.1, 0.15) is 6.79 Å². The Balaban J connectivity index is 0. The first-order valence-corrected chi connectivity index (χ1v) is 4.52. The van der Waals surface area contributed by atoms with E-state index in [4.69, 9.17) is 4.79 Å². The third-order valence-corrected chi connectivity index (χ3v) is 1.22. The quantitative estimate of drug-likeness (QED) is 0.597. The van der Waals surface area contributed by atoms with E-state index in [0.29, 0.717) is 0 Å². The highest BCUT2D eigenvalue weighted by Gasteiger charge is 1.79. The molecular weight excluding hydrogens is 160 g/mol. The second-order valence-corrected chi connectivity index (χ2v) is 2.86. The van der Waals surface area contributed by atoms with E-state index in [-0.39, 0.29) is 0 Å². The van der Waals surface area contributed by atoms with Gasteiger partial charge in [-0.25, -0.2) is 0 Å². The van der Waals surface area contributed by atoms with E-state index in [1.54, 1.807) is 0 Å². The molecule has 0 aliphatic heterocycles. The third-order valence-electron chi connectivity index (χ3n) is 1.22. The molecule has 1 heteroatoms. The number of aryl methyl sites for hydroxylation is 2. The predicted octanol–water partition coefficient (Wildman–Crippen LogP) is 3.53. The van der Waals surface area contributed by atoms with E-state index >= 15 is 0 Å². The van der Waals surface area contributed by atoms with E-state index in [9.17, 15) is 0 Å². The Labute approximate surface area is 81.8 Å². The van der Waals surface area contributed by atoms with Crippen LogP contribution < -0.4 is 0 Å². The summed E-state index contributed by atoms with van der Waals surface area (Å²) in [4.78, 5) is 8.00. The molecule has 0 unspecified atom stereocenters. The van der Waals surface area contributed by atoms with Crippen molar-refractivity contribution in [2.45, 2.75) is 34.1 Å². The number of hydrogen-bond acceptors (Lipinski definition) is 1. The first-order valence-electron chi connectivity index (χ1n) is 4.52. The van der Waals surface area contributed by atoms with Crippen LogP contribution in [0, 0.1) is 13.8 Å². The lowest BCUT2D eigenvalue weighted by molar-refractivity contribution is -0.0979. The molecule has 1 aromatic carbocycles. The minimum absolute atomic E-state index is 1.25. The monoisotopic (exact) mass is 180 g/mol. The van der Waals surface area contributed by atoms with Crippen molar-refractivity contribution in [3.63, 3.8) is 0 Å². The van der Waals surface area contributed by atoms with Gasteiger partial charge in [0, 0.05) is 0 Å². The molecule has 0 fully saturated rings. The molecule has 0 heterocycles. The first-order chi connectivity index (χ1) is 6.20. The predicted molar refractivity (Wildman–Crippen MR) is 59.0 cm³/mol. The maximum Gasteiger partial charge on any atom is 0.106 e. The average Bonchev–Trinajstić information content (AvgIpc) is 2.15. The van der Waals surface area contributed by atoms with Crippen LogP contribution in [-0.4, -0.2) is 6.79 Å². The van der Waals surface area contributed by atoms with Crippen LogP contribution in [0.2, 0.25) is 0 Å². The third kappa shape index (κ3) is 10.9. The molecule has 13 heavy (non-hydrogen) atoms. The van der Waals surface area contributed by atoms with Crippen molar-refractivity contribution in [1.82, 2.24) is 0 Å². The SMILES string of the molecule is C=O.CCC.Cc1ccc(C)cc1. The summed E-state index contributed by atoms with van der Waals surface area (Å²) in [7, 11) is 0. The lowest BCUT2D eigenvalue weighted by atomic mass is 10.2. The lowest BCUT2D eigenvalue weighted by Gasteiger charge is -1.90. The highest BCUT2D eigenvalue weighted by molar-refractivity contribution is 5.19. The van der Waals surface area contributed by atoms with E-state index in [1.807, 2.05) is 6.79 Å². The summed E-state index contributed by atoms with van der Waals surface area (Å²) in [5.74, 6) is 0. The first kappa shape index (κ1) is 14.4. The van der Waals surface area contributed by atoms with Crippen molar-refractivity contribution in [2.75, 3.05) is 0 Å². The molecule has 0 aliphatic rings. The Morgan fingerprint density at radius 3 is 1.23 bits per heavy atom. The van der Waals surface area contributed by atoms with E-state index in [0.717, 1.165) is 0 Å². The molecule has 1 aromatic rings. The molecule has 0 aromatic heterocycles. The topological polar surface area (TPSA) is 17.1 Å². The largest absolute Gasteiger partial charge is 0.307 e. The van der Waals surface area contributed by atoms with Gasteiger partial charge in [0.25, 0.3) is 0 Å². The van der Waals surface area contributed by atoms with Gasteiger partial charge in [-0.15, -0.1) is 0 Å². The Hall–Kier alpha value is -1.11. The fourth-order valence-electron chi connectivity index (χ4n) is 0.637. The molecular formula is C12H20O. The fourth-order valence-corrected chi connectivity index (χ4v) is 0.637. The van der Waals surface area contributed by atoms with Crippen molar-refractivity contribution >= 4 is 6.79 Å². The molecule has 0 aliphatic carbocycles. The molecule has 0 spiro atoms. The normalized spacial score (nSPS) is 7.38. The Bertz CT molecular complexity index is 168. The van der Waals surface area contributed by atoms with Gasteiger partial charge >= 0.3 is 0 Å². The minimum Gasteiger partial charge on any atom is -0.307 e. The van der Waals surface area contributed by atoms with E-state index in [1.165, 1.54) is 17.5 Å². The van der Waals surface area contributed by atoms with Gasteiger partial charge in [0.05, 0.1) is 0 Å². The van der Waals surface area contributed by atoms with Crippen LogP contribution >= 0.6 is 0 Å². The summed E-state index contributed by atoms with van der Waals surface area (Å²) in [5.41, 5.74) is 2.66. The van der Waals surface area contributed by atoms with Crippen molar-refractivity contribution in [2.24, 2.45) is 0 Å². The van der Waals surface area contributed by atoms with Crippen molar-refractivity contribution in [3.05, 3.63) is 35.4 Å². The van der Waals surface area contributed by atoms with Gasteiger partial charge in [-0.1, -0.05) is 55.7 Å². The van der Waals surface area contributed by atoms with Gasteiger partial charge in [0.2, 0.25) is 0 Å². The number of benzene rings is 1. The molecule has 0 atom stereocenters.